The molecule has 21 heavy (non-hydrogen) atoms. The molecule has 2 atom stereocenters. The number of carbonyl (C=O) groups excluding carboxylic acids is 1. The number of rotatable bonds is 3. The second-order valence-corrected chi connectivity index (χ2v) is 6.98. The van der Waals surface area contributed by atoms with E-state index in [-0.39, 0.29) is 17.9 Å². The van der Waals surface area contributed by atoms with Crippen LogP contribution in [0.25, 0.3) is 0 Å². The van der Waals surface area contributed by atoms with Crippen molar-refractivity contribution in [1.29, 1.82) is 0 Å². The number of hydrogen-bond acceptors (Lipinski definition) is 3. The first kappa shape index (κ1) is 16.0. The average Bonchev–Trinajstić information content (AvgIpc) is 2.40. The lowest BCUT2D eigenvalue weighted by atomic mass is 9.89. The van der Waals surface area contributed by atoms with E-state index in [1.807, 2.05) is 26.8 Å². The van der Waals surface area contributed by atoms with Gasteiger partial charge in [-0.1, -0.05) is 30.3 Å². The van der Waals surface area contributed by atoms with Crippen molar-refractivity contribution in [1.82, 2.24) is 4.90 Å². The van der Waals surface area contributed by atoms with Crippen molar-refractivity contribution < 1.29 is 9.53 Å². The largest absolute Gasteiger partial charge is 0.460 e. The molecule has 0 radical (unpaired) electrons. The Hall–Kier alpha value is -1.35. The van der Waals surface area contributed by atoms with Crippen LogP contribution in [0.5, 0.6) is 0 Å². The van der Waals surface area contributed by atoms with Crippen molar-refractivity contribution in [2.24, 2.45) is 5.92 Å². The van der Waals surface area contributed by atoms with Gasteiger partial charge in [-0.2, -0.15) is 0 Å². The summed E-state index contributed by atoms with van der Waals surface area (Å²) < 4.78 is 5.58. The summed E-state index contributed by atoms with van der Waals surface area (Å²) in [6.45, 7) is 9.90. The molecule has 0 unspecified atom stereocenters. The van der Waals surface area contributed by atoms with Crippen LogP contribution in [0.1, 0.15) is 46.1 Å². The minimum Gasteiger partial charge on any atom is -0.460 e. The van der Waals surface area contributed by atoms with Gasteiger partial charge in [0, 0.05) is 12.6 Å². The number of hydrogen-bond donors (Lipinski definition) is 0. The van der Waals surface area contributed by atoms with Crippen LogP contribution in [0.15, 0.2) is 30.3 Å². The number of piperidine rings is 1. The van der Waals surface area contributed by atoms with Gasteiger partial charge in [-0.25, -0.2) is 0 Å². The quantitative estimate of drug-likeness (QED) is 0.796. The van der Waals surface area contributed by atoms with Gasteiger partial charge in [0.25, 0.3) is 0 Å². The molecule has 1 aromatic rings. The molecule has 1 heterocycles. The van der Waals surface area contributed by atoms with Gasteiger partial charge in [0.05, 0.1) is 5.92 Å². The highest BCUT2D eigenvalue weighted by Crippen LogP contribution is 2.27. The van der Waals surface area contributed by atoms with Crippen molar-refractivity contribution in [2.45, 2.75) is 58.7 Å². The first-order valence-corrected chi connectivity index (χ1v) is 7.87. The van der Waals surface area contributed by atoms with Crippen LogP contribution >= 0.6 is 0 Å². The summed E-state index contributed by atoms with van der Waals surface area (Å²) in [5.74, 6) is -0.0607. The lowest BCUT2D eigenvalue weighted by molar-refractivity contribution is -0.164. The molecule has 0 bridgehead atoms. The second kappa shape index (κ2) is 6.61. The zero-order valence-electron chi connectivity index (χ0n) is 13.6. The van der Waals surface area contributed by atoms with E-state index in [1.165, 1.54) is 5.56 Å². The molecule has 2 rings (SSSR count). The molecule has 0 spiro atoms. The first-order valence-electron chi connectivity index (χ1n) is 7.87. The molecule has 1 saturated heterocycles. The van der Waals surface area contributed by atoms with Crippen LogP contribution < -0.4 is 0 Å². The van der Waals surface area contributed by atoms with E-state index in [4.69, 9.17) is 4.74 Å². The standard InChI is InChI=1S/C18H27NO2/c1-14-16(17(20)21-18(2,3)4)11-8-12-19(14)13-15-9-6-5-7-10-15/h5-7,9-10,14,16H,8,11-13H2,1-4H3/t14-,16+/m1/s1. The van der Waals surface area contributed by atoms with Crippen LogP contribution in [0.4, 0.5) is 0 Å². The molecule has 1 aromatic carbocycles. The predicted octanol–water partition coefficient (Wildman–Crippen LogP) is 3.63. The number of carbonyl (C=O) groups is 1. The van der Waals surface area contributed by atoms with Crippen LogP contribution in [0, 0.1) is 5.92 Å². The van der Waals surface area contributed by atoms with Gasteiger partial charge < -0.3 is 4.74 Å². The Morgan fingerprint density at radius 2 is 1.95 bits per heavy atom. The van der Waals surface area contributed by atoms with Crippen molar-refractivity contribution in [2.75, 3.05) is 6.54 Å². The fourth-order valence-electron chi connectivity index (χ4n) is 2.95. The normalized spacial score (nSPS) is 23.8. The fourth-order valence-corrected chi connectivity index (χ4v) is 2.95. The summed E-state index contributed by atoms with van der Waals surface area (Å²) in [4.78, 5) is 14.8. The minimum atomic E-state index is -0.404. The third kappa shape index (κ3) is 4.57. The van der Waals surface area contributed by atoms with Gasteiger partial charge in [-0.3, -0.25) is 9.69 Å². The summed E-state index contributed by atoms with van der Waals surface area (Å²) in [6, 6.07) is 10.7. The van der Waals surface area contributed by atoms with Gasteiger partial charge in [0.2, 0.25) is 0 Å². The van der Waals surface area contributed by atoms with E-state index in [0.29, 0.717) is 0 Å². The predicted molar refractivity (Wildman–Crippen MR) is 84.9 cm³/mol. The summed E-state index contributed by atoms with van der Waals surface area (Å²) in [5.41, 5.74) is 0.896. The Kier molecular flexibility index (Phi) is 5.04. The fraction of sp³-hybridized carbons (Fsp3) is 0.611. The Labute approximate surface area is 128 Å². The molecule has 1 fully saturated rings. The summed E-state index contributed by atoms with van der Waals surface area (Å²) in [5, 5.41) is 0. The number of benzene rings is 1. The summed E-state index contributed by atoms with van der Waals surface area (Å²) in [6.07, 6.45) is 1.99. The van der Waals surface area contributed by atoms with E-state index < -0.39 is 5.60 Å². The summed E-state index contributed by atoms with van der Waals surface area (Å²) >= 11 is 0. The molecule has 1 aliphatic heterocycles. The second-order valence-electron chi connectivity index (χ2n) is 6.98. The van der Waals surface area contributed by atoms with Gasteiger partial charge in [-0.05, 0) is 52.6 Å². The maximum Gasteiger partial charge on any atom is 0.311 e. The van der Waals surface area contributed by atoms with Crippen LogP contribution in [0.2, 0.25) is 0 Å². The van der Waals surface area contributed by atoms with Gasteiger partial charge in [-0.15, -0.1) is 0 Å². The van der Waals surface area contributed by atoms with Gasteiger partial charge >= 0.3 is 5.97 Å². The van der Waals surface area contributed by atoms with Crippen molar-refractivity contribution in [3.63, 3.8) is 0 Å². The monoisotopic (exact) mass is 289 g/mol. The first-order chi connectivity index (χ1) is 9.87. The Bertz CT molecular complexity index is 464. The van der Waals surface area contributed by atoms with Gasteiger partial charge in [0.15, 0.2) is 0 Å². The molecule has 0 aromatic heterocycles. The van der Waals surface area contributed by atoms with E-state index in [1.54, 1.807) is 0 Å². The molecule has 3 nitrogen and oxygen atoms in total. The SMILES string of the molecule is C[C@@H]1[C@@H](C(=O)OC(C)(C)C)CCCN1Cc1ccccc1. The molecular formula is C18H27NO2. The lowest BCUT2D eigenvalue weighted by Gasteiger charge is -2.39. The minimum absolute atomic E-state index is 0.0123. The molecular weight excluding hydrogens is 262 g/mol. The number of nitrogens with zero attached hydrogens (tertiary/aromatic N) is 1. The smallest absolute Gasteiger partial charge is 0.311 e. The van der Waals surface area contributed by atoms with Crippen molar-refractivity contribution in [3.05, 3.63) is 35.9 Å². The van der Waals surface area contributed by atoms with Gasteiger partial charge in [0.1, 0.15) is 5.60 Å². The highest BCUT2D eigenvalue weighted by molar-refractivity contribution is 5.73. The summed E-state index contributed by atoms with van der Waals surface area (Å²) in [7, 11) is 0. The third-order valence-corrected chi connectivity index (χ3v) is 4.06. The van der Waals surface area contributed by atoms with Crippen molar-refractivity contribution >= 4 is 5.97 Å². The van der Waals surface area contributed by atoms with E-state index >= 15 is 0 Å². The van der Waals surface area contributed by atoms with E-state index in [2.05, 4.69) is 36.1 Å². The topological polar surface area (TPSA) is 29.5 Å². The number of ether oxygens (including phenoxy) is 1. The Balaban J connectivity index is 2.01. The van der Waals surface area contributed by atoms with E-state index in [0.717, 1.165) is 25.9 Å². The van der Waals surface area contributed by atoms with E-state index in [9.17, 15) is 4.79 Å². The molecule has 0 N–H and O–H groups in total. The molecule has 0 aliphatic carbocycles. The number of likely N-dealkylation sites (tertiary alicyclic amines) is 1. The Morgan fingerprint density at radius 3 is 2.57 bits per heavy atom. The molecule has 116 valence electrons. The molecule has 0 amide bonds. The highest BCUT2D eigenvalue weighted by atomic mass is 16.6. The maximum absolute atomic E-state index is 12.4. The van der Waals surface area contributed by atoms with Crippen LogP contribution in [0.3, 0.4) is 0 Å². The zero-order valence-corrected chi connectivity index (χ0v) is 13.6. The van der Waals surface area contributed by atoms with Crippen LogP contribution in [-0.4, -0.2) is 29.1 Å². The number of esters is 1. The highest BCUT2D eigenvalue weighted by Gasteiger charge is 2.35. The molecule has 1 aliphatic rings. The maximum atomic E-state index is 12.4. The average molecular weight is 289 g/mol. The van der Waals surface area contributed by atoms with Crippen LogP contribution in [-0.2, 0) is 16.1 Å². The zero-order chi connectivity index (χ0) is 15.5. The van der Waals surface area contributed by atoms with Crippen molar-refractivity contribution in [3.8, 4) is 0 Å². The Morgan fingerprint density at radius 1 is 1.29 bits per heavy atom. The lowest BCUT2D eigenvalue weighted by Crippen LogP contribution is -2.47. The molecule has 3 heteroatoms. The third-order valence-electron chi connectivity index (χ3n) is 4.06. The molecule has 0 saturated carbocycles.